The van der Waals surface area contributed by atoms with Crippen molar-refractivity contribution in [3.8, 4) is 0 Å². The molecular weight excluding hydrogens is 274 g/mol. The molecule has 2 aromatic rings. The lowest BCUT2D eigenvalue weighted by Gasteiger charge is -2.33. The molecule has 112 valence electrons. The maximum absolute atomic E-state index is 11.5. The van der Waals surface area contributed by atoms with Crippen LogP contribution in [0.2, 0.25) is 0 Å². The quantitative estimate of drug-likeness (QED) is 0.884. The summed E-state index contributed by atoms with van der Waals surface area (Å²) in [4.78, 5) is 13.5. The van der Waals surface area contributed by atoms with E-state index in [1.54, 1.807) is 18.2 Å². The Morgan fingerprint density at radius 2 is 2.19 bits per heavy atom. The van der Waals surface area contributed by atoms with Crippen molar-refractivity contribution in [3.05, 3.63) is 35.6 Å². The molecule has 1 aromatic carbocycles. The Labute approximate surface area is 121 Å². The van der Waals surface area contributed by atoms with E-state index in [1.807, 2.05) is 11.0 Å². The van der Waals surface area contributed by atoms with Crippen LogP contribution in [-0.4, -0.2) is 53.5 Å². The molecule has 1 aromatic heterocycles. The van der Waals surface area contributed by atoms with Crippen molar-refractivity contribution >= 4 is 16.9 Å². The molecule has 21 heavy (non-hydrogen) atoms. The average molecular weight is 291 g/mol. The number of carbonyl (C=O) groups is 1. The molecule has 6 heteroatoms. The van der Waals surface area contributed by atoms with E-state index < -0.39 is 5.97 Å². The first kappa shape index (κ1) is 14.1. The smallest absolute Gasteiger partial charge is 0.339 e. The summed E-state index contributed by atoms with van der Waals surface area (Å²) in [6, 6.07) is 6.97. The van der Waals surface area contributed by atoms with Crippen LogP contribution < -0.4 is 0 Å². The zero-order valence-electron chi connectivity index (χ0n) is 11.5. The van der Waals surface area contributed by atoms with Crippen LogP contribution in [0.1, 0.15) is 16.1 Å². The molecule has 1 atom stereocenters. The topological polar surface area (TPSA) is 83.1 Å². The Balaban J connectivity index is 1.96. The van der Waals surface area contributed by atoms with Gasteiger partial charge in [0.25, 0.3) is 0 Å². The number of fused-ring (bicyclic) bond motifs is 1. The molecule has 0 radical (unpaired) electrons. The maximum Gasteiger partial charge on any atom is 0.339 e. The van der Waals surface area contributed by atoms with Gasteiger partial charge in [-0.2, -0.15) is 0 Å². The van der Waals surface area contributed by atoms with E-state index in [9.17, 15) is 15.0 Å². The SMILES string of the molecule is O=C(O)c1c(CN2CCOCC2CO)oc2ccccc12. The van der Waals surface area contributed by atoms with Crippen LogP contribution in [0.5, 0.6) is 0 Å². The van der Waals surface area contributed by atoms with Crippen LogP contribution in [-0.2, 0) is 11.3 Å². The molecule has 0 spiro atoms. The van der Waals surface area contributed by atoms with E-state index >= 15 is 0 Å². The third-order valence-corrected chi connectivity index (χ3v) is 3.79. The van der Waals surface area contributed by atoms with Crippen LogP contribution in [0.3, 0.4) is 0 Å². The fourth-order valence-electron chi connectivity index (χ4n) is 2.69. The lowest BCUT2D eigenvalue weighted by Crippen LogP contribution is -2.46. The van der Waals surface area contributed by atoms with Crippen molar-refractivity contribution in [1.29, 1.82) is 0 Å². The van der Waals surface area contributed by atoms with Gasteiger partial charge in [-0.25, -0.2) is 4.79 Å². The molecule has 1 fully saturated rings. The van der Waals surface area contributed by atoms with Gasteiger partial charge in [-0.3, -0.25) is 4.90 Å². The number of carboxylic acid groups (broad SMARTS) is 1. The molecule has 0 bridgehead atoms. The zero-order valence-corrected chi connectivity index (χ0v) is 11.5. The predicted molar refractivity (Wildman–Crippen MR) is 75.3 cm³/mol. The highest BCUT2D eigenvalue weighted by Crippen LogP contribution is 2.27. The second-order valence-corrected chi connectivity index (χ2v) is 5.08. The van der Waals surface area contributed by atoms with Crippen molar-refractivity contribution in [3.63, 3.8) is 0 Å². The number of furan rings is 1. The fraction of sp³-hybridized carbons (Fsp3) is 0.400. The molecule has 6 nitrogen and oxygen atoms in total. The summed E-state index contributed by atoms with van der Waals surface area (Å²) < 4.78 is 11.0. The third kappa shape index (κ3) is 2.65. The Hall–Kier alpha value is -1.89. The van der Waals surface area contributed by atoms with Crippen molar-refractivity contribution < 1.29 is 24.2 Å². The average Bonchev–Trinajstić information content (AvgIpc) is 2.85. The zero-order chi connectivity index (χ0) is 14.8. The van der Waals surface area contributed by atoms with Gasteiger partial charge in [0.2, 0.25) is 0 Å². The standard InChI is InChI=1S/C15H17NO5/c17-8-10-9-20-6-5-16(10)7-13-14(15(18)19)11-3-1-2-4-12(11)21-13/h1-4,10,17H,5-9H2,(H,18,19). The lowest BCUT2D eigenvalue weighted by molar-refractivity contribution is -0.0335. The third-order valence-electron chi connectivity index (χ3n) is 3.79. The minimum atomic E-state index is -0.997. The van der Waals surface area contributed by atoms with Gasteiger partial charge in [-0.05, 0) is 6.07 Å². The first-order chi connectivity index (χ1) is 10.2. The lowest BCUT2D eigenvalue weighted by atomic mass is 10.1. The second-order valence-electron chi connectivity index (χ2n) is 5.08. The molecule has 2 heterocycles. The minimum Gasteiger partial charge on any atom is -0.478 e. The molecule has 1 unspecified atom stereocenters. The summed E-state index contributed by atoms with van der Waals surface area (Å²) in [5.74, 6) is -0.576. The normalized spacial score (nSPS) is 20.0. The molecule has 1 aliphatic rings. The summed E-state index contributed by atoms with van der Waals surface area (Å²) in [6.07, 6.45) is 0. The van der Waals surface area contributed by atoms with Gasteiger partial charge in [0.05, 0.1) is 32.4 Å². The van der Waals surface area contributed by atoms with Crippen molar-refractivity contribution in [2.75, 3.05) is 26.4 Å². The number of para-hydroxylation sites is 1. The molecule has 0 amide bonds. The van der Waals surface area contributed by atoms with E-state index in [-0.39, 0.29) is 18.2 Å². The van der Waals surface area contributed by atoms with Crippen LogP contribution in [0.4, 0.5) is 0 Å². The van der Waals surface area contributed by atoms with Crippen molar-refractivity contribution in [1.82, 2.24) is 4.90 Å². The van der Waals surface area contributed by atoms with E-state index in [0.29, 0.717) is 43.0 Å². The van der Waals surface area contributed by atoms with Gasteiger partial charge in [-0.15, -0.1) is 0 Å². The van der Waals surface area contributed by atoms with Gasteiger partial charge < -0.3 is 19.4 Å². The predicted octanol–water partition coefficient (Wildman–Crippen LogP) is 1.32. The highest BCUT2D eigenvalue weighted by molar-refractivity contribution is 6.03. The van der Waals surface area contributed by atoms with E-state index in [1.165, 1.54) is 0 Å². The Bertz CT molecular complexity index is 651. The number of ether oxygens (including phenoxy) is 1. The largest absolute Gasteiger partial charge is 0.478 e. The van der Waals surface area contributed by atoms with Crippen molar-refractivity contribution in [2.24, 2.45) is 0 Å². The van der Waals surface area contributed by atoms with Gasteiger partial charge in [0, 0.05) is 11.9 Å². The number of morpholine rings is 1. The summed E-state index contributed by atoms with van der Waals surface area (Å²) in [7, 11) is 0. The van der Waals surface area contributed by atoms with Crippen LogP contribution in [0.25, 0.3) is 11.0 Å². The number of carboxylic acids is 1. The summed E-state index contributed by atoms with van der Waals surface area (Å²) in [5, 5.41) is 19.4. The minimum absolute atomic E-state index is 0.0252. The highest BCUT2D eigenvalue weighted by atomic mass is 16.5. The molecule has 3 rings (SSSR count). The highest BCUT2D eigenvalue weighted by Gasteiger charge is 2.27. The van der Waals surface area contributed by atoms with Gasteiger partial charge in [0.15, 0.2) is 0 Å². The monoisotopic (exact) mass is 291 g/mol. The molecular formula is C15H17NO5. The number of hydrogen-bond acceptors (Lipinski definition) is 5. The Morgan fingerprint density at radius 1 is 1.38 bits per heavy atom. The van der Waals surface area contributed by atoms with Crippen LogP contribution >= 0.6 is 0 Å². The molecule has 0 aliphatic carbocycles. The van der Waals surface area contributed by atoms with Gasteiger partial charge in [0.1, 0.15) is 16.9 Å². The maximum atomic E-state index is 11.5. The van der Waals surface area contributed by atoms with Crippen LogP contribution in [0, 0.1) is 0 Å². The van der Waals surface area contributed by atoms with Crippen molar-refractivity contribution in [2.45, 2.75) is 12.6 Å². The number of benzene rings is 1. The number of rotatable bonds is 4. The number of aliphatic hydroxyl groups is 1. The van der Waals surface area contributed by atoms with Gasteiger partial charge in [-0.1, -0.05) is 18.2 Å². The summed E-state index contributed by atoms with van der Waals surface area (Å²) in [5.41, 5.74) is 0.771. The van der Waals surface area contributed by atoms with E-state index in [4.69, 9.17) is 9.15 Å². The summed E-state index contributed by atoms with van der Waals surface area (Å²) in [6.45, 7) is 1.98. The number of hydrogen-bond donors (Lipinski definition) is 2. The first-order valence-electron chi connectivity index (χ1n) is 6.87. The molecule has 0 saturated carbocycles. The van der Waals surface area contributed by atoms with Gasteiger partial charge >= 0.3 is 5.97 Å². The Morgan fingerprint density at radius 3 is 2.95 bits per heavy atom. The van der Waals surface area contributed by atoms with Crippen LogP contribution in [0.15, 0.2) is 28.7 Å². The molecule has 1 saturated heterocycles. The molecule has 1 aliphatic heterocycles. The van der Waals surface area contributed by atoms with E-state index in [2.05, 4.69) is 0 Å². The van der Waals surface area contributed by atoms with E-state index in [0.717, 1.165) is 0 Å². The first-order valence-corrected chi connectivity index (χ1v) is 6.87. The number of aliphatic hydroxyl groups excluding tert-OH is 1. The number of aromatic carboxylic acids is 1. The fourth-order valence-corrected chi connectivity index (χ4v) is 2.69. The number of nitrogens with zero attached hydrogens (tertiary/aromatic N) is 1. The Kier molecular flexibility index (Phi) is 3.92. The second kappa shape index (κ2) is 5.85. The molecule has 2 N–H and O–H groups in total. The summed E-state index contributed by atoms with van der Waals surface area (Å²) >= 11 is 0.